The summed E-state index contributed by atoms with van der Waals surface area (Å²) in [5.41, 5.74) is 0.548. The van der Waals surface area contributed by atoms with Gasteiger partial charge in [-0.2, -0.15) is 0 Å². The second kappa shape index (κ2) is 3.16. The molecule has 0 saturated heterocycles. The molecule has 0 radical (unpaired) electrons. The summed E-state index contributed by atoms with van der Waals surface area (Å²) in [4.78, 5) is 8.14. The molecule has 0 bridgehead atoms. The van der Waals surface area contributed by atoms with Crippen LogP contribution < -0.4 is 5.32 Å². The maximum Gasteiger partial charge on any atom is 0.258 e. The van der Waals surface area contributed by atoms with E-state index in [2.05, 4.69) is 15.3 Å². The lowest BCUT2D eigenvalue weighted by atomic mass is 10.5. The van der Waals surface area contributed by atoms with Crippen LogP contribution >= 0.6 is 0 Å². The lowest BCUT2D eigenvalue weighted by Gasteiger charge is -2.04. The molecule has 0 fully saturated rings. The van der Waals surface area contributed by atoms with E-state index in [0.717, 1.165) is 0 Å². The van der Waals surface area contributed by atoms with Gasteiger partial charge < -0.3 is 18.9 Å². The number of aromatic nitrogens is 2. The van der Waals surface area contributed by atoms with Gasteiger partial charge in [0.05, 0.1) is 6.20 Å². The molecular weight excluding hydrogens is 198 g/mol. The standard InChI is InChI=1S/C9H7N3O3/c1-3-13-7(10-1)6-5-15-9(12-6)8-11-2-4-14-8/h1-5,8,11H. The molecule has 1 atom stereocenters. The number of nitrogens with one attached hydrogen (secondary N) is 1. The maximum atomic E-state index is 5.23. The molecule has 1 N–H and O–H groups in total. The minimum Gasteiger partial charge on any atom is -0.467 e. The molecule has 1 aliphatic heterocycles. The highest BCUT2D eigenvalue weighted by Crippen LogP contribution is 2.22. The van der Waals surface area contributed by atoms with Gasteiger partial charge in [0.1, 0.15) is 18.8 Å². The lowest BCUT2D eigenvalue weighted by molar-refractivity contribution is 0.124. The van der Waals surface area contributed by atoms with E-state index in [1.807, 2.05) is 0 Å². The summed E-state index contributed by atoms with van der Waals surface area (Å²) in [6.45, 7) is 0. The van der Waals surface area contributed by atoms with Crippen molar-refractivity contribution in [2.45, 2.75) is 6.23 Å². The van der Waals surface area contributed by atoms with Gasteiger partial charge in [-0.15, -0.1) is 0 Å². The summed E-state index contributed by atoms with van der Waals surface area (Å²) in [5.74, 6) is 0.865. The molecule has 2 aromatic rings. The van der Waals surface area contributed by atoms with Crippen LogP contribution in [0.3, 0.4) is 0 Å². The third-order valence-electron chi connectivity index (χ3n) is 1.93. The normalized spacial score (nSPS) is 18.8. The number of ether oxygens (including phenoxy) is 1. The summed E-state index contributed by atoms with van der Waals surface area (Å²) in [7, 11) is 0. The summed E-state index contributed by atoms with van der Waals surface area (Å²) in [5, 5.41) is 2.92. The number of nitrogens with zero attached hydrogens (tertiary/aromatic N) is 2. The minimum atomic E-state index is -0.367. The quantitative estimate of drug-likeness (QED) is 0.799. The van der Waals surface area contributed by atoms with Gasteiger partial charge in [0.25, 0.3) is 5.89 Å². The fourth-order valence-corrected chi connectivity index (χ4v) is 1.27. The van der Waals surface area contributed by atoms with E-state index in [4.69, 9.17) is 13.6 Å². The molecule has 0 saturated carbocycles. The van der Waals surface area contributed by atoms with Gasteiger partial charge in [-0.1, -0.05) is 0 Å². The molecular formula is C9H7N3O3. The van der Waals surface area contributed by atoms with Crippen LogP contribution in [-0.4, -0.2) is 9.97 Å². The SMILES string of the molecule is C1=COC(c2nc(-c3ncco3)co2)N1. The van der Waals surface area contributed by atoms with Gasteiger partial charge in [0.2, 0.25) is 12.1 Å². The van der Waals surface area contributed by atoms with E-state index in [1.165, 1.54) is 12.5 Å². The molecule has 2 aromatic heterocycles. The third kappa shape index (κ3) is 1.35. The average molecular weight is 205 g/mol. The Morgan fingerprint density at radius 3 is 3.07 bits per heavy atom. The Labute approximate surface area is 84.6 Å². The van der Waals surface area contributed by atoms with Crippen LogP contribution in [0.15, 0.2) is 40.0 Å². The Balaban J connectivity index is 1.88. The van der Waals surface area contributed by atoms with Gasteiger partial charge >= 0.3 is 0 Å². The number of oxazole rings is 2. The highest BCUT2D eigenvalue weighted by atomic mass is 16.5. The zero-order valence-electron chi connectivity index (χ0n) is 7.58. The molecule has 0 aromatic carbocycles. The Bertz CT molecular complexity index is 467. The van der Waals surface area contributed by atoms with Crippen molar-refractivity contribution in [3.05, 3.63) is 37.1 Å². The Kier molecular flexibility index (Phi) is 1.71. The van der Waals surface area contributed by atoms with Crippen molar-refractivity contribution in [2.24, 2.45) is 0 Å². The van der Waals surface area contributed by atoms with E-state index >= 15 is 0 Å². The fraction of sp³-hybridized carbons (Fsp3) is 0.111. The number of hydrogen-bond donors (Lipinski definition) is 1. The van der Waals surface area contributed by atoms with Gasteiger partial charge in [0, 0.05) is 6.20 Å². The van der Waals surface area contributed by atoms with Gasteiger partial charge in [-0.25, -0.2) is 9.97 Å². The molecule has 6 nitrogen and oxygen atoms in total. The largest absolute Gasteiger partial charge is 0.467 e. The van der Waals surface area contributed by atoms with Crippen molar-refractivity contribution in [3.8, 4) is 11.6 Å². The van der Waals surface area contributed by atoms with Crippen molar-refractivity contribution in [2.75, 3.05) is 0 Å². The smallest absolute Gasteiger partial charge is 0.258 e. The van der Waals surface area contributed by atoms with Crippen LogP contribution in [0.5, 0.6) is 0 Å². The van der Waals surface area contributed by atoms with Gasteiger partial charge in [-0.05, 0) is 0 Å². The Morgan fingerprint density at radius 1 is 1.33 bits per heavy atom. The second-order valence-electron chi connectivity index (χ2n) is 2.89. The summed E-state index contributed by atoms with van der Waals surface area (Å²) in [6, 6.07) is 0. The van der Waals surface area contributed by atoms with Crippen LogP contribution in [0, 0.1) is 0 Å². The van der Waals surface area contributed by atoms with Crippen LogP contribution in [-0.2, 0) is 4.74 Å². The van der Waals surface area contributed by atoms with E-state index in [0.29, 0.717) is 17.5 Å². The Morgan fingerprint density at radius 2 is 2.33 bits per heavy atom. The minimum absolute atomic E-state index is 0.367. The van der Waals surface area contributed by atoms with Crippen molar-refractivity contribution < 1.29 is 13.6 Å². The predicted octanol–water partition coefficient (Wildman–Crippen LogP) is 1.42. The van der Waals surface area contributed by atoms with Crippen LogP contribution in [0.25, 0.3) is 11.6 Å². The van der Waals surface area contributed by atoms with Crippen molar-refractivity contribution >= 4 is 0 Å². The first-order chi connectivity index (χ1) is 7.43. The molecule has 1 aliphatic rings. The summed E-state index contributed by atoms with van der Waals surface area (Å²) >= 11 is 0. The van der Waals surface area contributed by atoms with E-state index in [9.17, 15) is 0 Å². The maximum absolute atomic E-state index is 5.23. The topological polar surface area (TPSA) is 73.3 Å². The lowest BCUT2D eigenvalue weighted by Crippen LogP contribution is -2.11. The van der Waals surface area contributed by atoms with E-state index < -0.39 is 0 Å². The first-order valence-corrected chi connectivity index (χ1v) is 4.35. The van der Waals surface area contributed by atoms with Crippen LogP contribution in [0.1, 0.15) is 12.1 Å². The molecule has 1 unspecified atom stereocenters. The van der Waals surface area contributed by atoms with E-state index in [-0.39, 0.29) is 6.23 Å². The van der Waals surface area contributed by atoms with Crippen molar-refractivity contribution in [3.63, 3.8) is 0 Å². The average Bonchev–Trinajstić information content (AvgIpc) is 3.02. The molecule has 0 amide bonds. The molecule has 76 valence electrons. The zero-order chi connectivity index (χ0) is 10.1. The van der Waals surface area contributed by atoms with E-state index in [1.54, 1.807) is 18.7 Å². The number of rotatable bonds is 2. The molecule has 0 aliphatic carbocycles. The predicted molar refractivity (Wildman–Crippen MR) is 48.1 cm³/mol. The molecule has 15 heavy (non-hydrogen) atoms. The molecule has 3 heterocycles. The Hall–Kier alpha value is -2.24. The summed E-state index contributed by atoms with van der Waals surface area (Å²) < 4.78 is 15.5. The highest BCUT2D eigenvalue weighted by molar-refractivity contribution is 5.43. The van der Waals surface area contributed by atoms with Crippen molar-refractivity contribution in [1.29, 1.82) is 0 Å². The van der Waals surface area contributed by atoms with Crippen LogP contribution in [0.2, 0.25) is 0 Å². The third-order valence-corrected chi connectivity index (χ3v) is 1.93. The first kappa shape index (κ1) is 8.10. The molecule has 3 rings (SSSR count). The molecule has 0 spiro atoms. The zero-order valence-corrected chi connectivity index (χ0v) is 7.58. The fourth-order valence-electron chi connectivity index (χ4n) is 1.27. The van der Waals surface area contributed by atoms with Crippen LogP contribution in [0.4, 0.5) is 0 Å². The second-order valence-corrected chi connectivity index (χ2v) is 2.89. The molecule has 6 heteroatoms. The summed E-state index contributed by atoms with van der Waals surface area (Å²) in [6.07, 6.45) is 7.36. The van der Waals surface area contributed by atoms with Gasteiger partial charge in [-0.3, -0.25) is 0 Å². The monoisotopic (exact) mass is 205 g/mol. The van der Waals surface area contributed by atoms with Gasteiger partial charge in [0.15, 0.2) is 5.69 Å². The van der Waals surface area contributed by atoms with Crippen molar-refractivity contribution in [1.82, 2.24) is 15.3 Å². The number of hydrogen-bond acceptors (Lipinski definition) is 6. The highest BCUT2D eigenvalue weighted by Gasteiger charge is 2.20. The first-order valence-electron chi connectivity index (χ1n) is 4.35.